The molecule has 5 nitrogen and oxygen atoms in total. The van der Waals surface area contributed by atoms with Gasteiger partial charge in [0.05, 0.1) is 18.8 Å². The van der Waals surface area contributed by atoms with Crippen LogP contribution in [0.2, 0.25) is 0 Å². The first-order valence-corrected chi connectivity index (χ1v) is 9.76. The molecule has 27 heavy (non-hydrogen) atoms. The van der Waals surface area contributed by atoms with Crippen molar-refractivity contribution < 1.29 is 23.8 Å². The minimum Gasteiger partial charge on any atom is -0.493 e. The van der Waals surface area contributed by atoms with Crippen molar-refractivity contribution in [2.24, 2.45) is 0 Å². The molecule has 0 bridgehead atoms. The predicted molar refractivity (Wildman–Crippen MR) is 107 cm³/mol. The van der Waals surface area contributed by atoms with Crippen LogP contribution in [0.15, 0.2) is 46.9 Å². The van der Waals surface area contributed by atoms with Crippen LogP contribution in [-0.4, -0.2) is 25.2 Å². The number of carbonyl (C=O) groups is 2. The van der Waals surface area contributed by atoms with E-state index in [9.17, 15) is 9.59 Å². The molecule has 2 aromatic rings. The second-order valence-electron chi connectivity index (χ2n) is 5.90. The van der Waals surface area contributed by atoms with E-state index in [0.717, 1.165) is 23.7 Å². The zero-order valence-electron chi connectivity index (χ0n) is 15.5. The molecule has 0 saturated carbocycles. The Morgan fingerprint density at radius 3 is 2.52 bits per heavy atom. The normalized spacial score (nSPS) is 10.3. The fourth-order valence-electron chi connectivity index (χ4n) is 2.24. The van der Waals surface area contributed by atoms with Gasteiger partial charge in [0, 0.05) is 4.47 Å². The Hall–Kier alpha value is -2.34. The molecule has 144 valence electrons. The van der Waals surface area contributed by atoms with E-state index in [-0.39, 0.29) is 5.75 Å². The summed E-state index contributed by atoms with van der Waals surface area (Å²) >= 11 is 3.36. The molecule has 2 aromatic carbocycles. The SMILES string of the molecule is CCCCOc1ccc(Br)cc1C(=O)Oc1cccc(C(=O)OCCC)c1. The Balaban J connectivity index is 2.15. The lowest BCUT2D eigenvalue weighted by atomic mass is 10.2. The Morgan fingerprint density at radius 2 is 1.78 bits per heavy atom. The smallest absolute Gasteiger partial charge is 0.347 e. The van der Waals surface area contributed by atoms with Gasteiger partial charge in [-0.2, -0.15) is 0 Å². The molecule has 6 heteroatoms. The van der Waals surface area contributed by atoms with E-state index < -0.39 is 11.9 Å². The van der Waals surface area contributed by atoms with Gasteiger partial charge < -0.3 is 14.2 Å². The molecule has 0 amide bonds. The summed E-state index contributed by atoms with van der Waals surface area (Å²) in [4.78, 5) is 24.6. The Bertz CT molecular complexity index is 788. The molecule has 0 fully saturated rings. The molecule has 0 aromatic heterocycles. The highest BCUT2D eigenvalue weighted by molar-refractivity contribution is 9.10. The van der Waals surface area contributed by atoms with E-state index in [1.54, 1.807) is 30.3 Å². The van der Waals surface area contributed by atoms with Gasteiger partial charge in [-0.1, -0.05) is 42.3 Å². The molecule has 0 N–H and O–H groups in total. The summed E-state index contributed by atoms with van der Waals surface area (Å²) in [5, 5.41) is 0. The Labute approximate surface area is 167 Å². The minimum atomic E-state index is -0.554. The molecule has 0 saturated heterocycles. The van der Waals surface area contributed by atoms with Crippen LogP contribution in [0.3, 0.4) is 0 Å². The summed E-state index contributed by atoms with van der Waals surface area (Å²) in [6, 6.07) is 11.6. The van der Waals surface area contributed by atoms with Crippen LogP contribution in [0.1, 0.15) is 53.8 Å². The summed E-state index contributed by atoms with van der Waals surface area (Å²) in [7, 11) is 0. The second-order valence-corrected chi connectivity index (χ2v) is 6.81. The number of esters is 2. The largest absolute Gasteiger partial charge is 0.493 e. The van der Waals surface area contributed by atoms with E-state index >= 15 is 0 Å². The maximum atomic E-state index is 12.6. The predicted octanol–water partition coefficient (Wildman–Crippen LogP) is 5.41. The highest BCUT2D eigenvalue weighted by Crippen LogP contribution is 2.25. The zero-order chi connectivity index (χ0) is 19.6. The van der Waals surface area contributed by atoms with Gasteiger partial charge in [0.25, 0.3) is 0 Å². The van der Waals surface area contributed by atoms with Crippen molar-refractivity contribution in [3.05, 3.63) is 58.1 Å². The van der Waals surface area contributed by atoms with Crippen molar-refractivity contribution in [1.82, 2.24) is 0 Å². The summed E-state index contributed by atoms with van der Waals surface area (Å²) in [5.41, 5.74) is 0.654. The van der Waals surface area contributed by atoms with E-state index in [2.05, 4.69) is 22.9 Å². The van der Waals surface area contributed by atoms with Crippen LogP contribution in [0, 0.1) is 0 Å². The maximum Gasteiger partial charge on any atom is 0.347 e. The summed E-state index contributed by atoms with van der Waals surface area (Å²) in [5.74, 6) is -0.261. The first-order chi connectivity index (χ1) is 13.0. The number of hydrogen-bond donors (Lipinski definition) is 0. The van der Waals surface area contributed by atoms with Crippen LogP contribution in [0.5, 0.6) is 11.5 Å². The van der Waals surface area contributed by atoms with Gasteiger partial charge in [-0.05, 0) is 49.2 Å². The van der Waals surface area contributed by atoms with E-state index in [0.29, 0.717) is 30.1 Å². The number of rotatable bonds is 9. The molecule has 0 aliphatic rings. The maximum absolute atomic E-state index is 12.6. The molecule has 0 heterocycles. The zero-order valence-corrected chi connectivity index (χ0v) is 17.1. The molecule has 0 aliphatic carbocycles. The number of halogens is 1. The van der Waals surface area contributed by atoms with E-state index in [1.807, 2.05) is 13.0 Å². The molecule has 0 atom stereocenters. The molecular formula is C21H23BrO5. The van der Waals surface area contributed by atoms with Crippen molar-refractivity contribution in [1.29, 1.82) is 0 Å². The van der Waals surface area contributed by atoms with Gasteiger partial charge in [0.1, 0.15) is 17.1 Å². The third kappa shape index (κ3) is 6.40. The Morgan fingerprint density at radius 1 is 0.963 bits per heavy atom. The number of benzene rings is 2. The first-order valence-electron chi connectivity index (χ1n) is 8.96. The van der Waals surface area contributed by atoms with Gasteiger partial charge in [-0.25, -0.2) is 9.59 Å². The van der Waals surface area contributed by atoms with Crippen molar-refractivity contribution in [3.63, 3.8) is 0 Å². The molecule has 0 unspecified atom stereocenters. The first kappa shape index (κ1) is 21.0. The number of carbonyl (C=O) groups excluding carboxylic acids is 2. The van der Waals surface area contributed by atoms with E-state index in [4.69, 9.17) is 14.2 Å². The van der Waals surface area contributed by atoms with Crippen molar-refractivity contribution in [3.8, 4) is 11.5 Å². The quantitative estimate of drug-likeness (QED) is 0.299. The van der Waals surface area contributed by atoms with Gasteiger partial charge in [0.15, 0.2) is 0 Å². The second kappa shape index (κ2) is 10.7. The summed E-state index contributed by atoms with van der Waals surface area (Å²) in [6.45, 7) is 4.86. The van der Waals surface area contributed by atoms with Crippen LogP contribution < -0.4 is 9.47 Å². The summed E-state index contributed by atoms with van der Waals surface area (Å²) in [6.07, 6.45) is 2.63. The van der Waals surface area contributed by atoms with Crippen molar-refractivity contribution in [2.75, 3.05) is 13.2 Å². The number of hydrogen-bond acceptors (Lipinski definition) is 5. The minimum absolute atomic E-state index is 0.269. The highest BCUT2D eigenvalue weighted by atomic mass is 79.9. The van der Waals surface area contributed by atoms with Gasteiger partial charge >= 0.3 is 11.9 Å². The third-order valence-electron chi connectivity index (χ3n) is 3.63. The van der Waals surface area contributed by atoms with Crippen LogP contribution >= 0.6 is 15.9 Å². The third-order valence-corrected chi connectivity index (χ3v) is 4.13. The molecule has 0 spiro atoms. The monoisotopic (exact) mass is 434 g/mol. The molecular weight excluding hydrogens is 412 g/mol. The number of unbranched alkanes of at least 4 members (excludes halogenated alkanes) is 1. The van der Waals surface area contributed by atoms with Gasteiger partial charge in [-0.3, -0.25) is 0 Å². The fourth-order valence-corrected chi connectivity index (χ4v) is 2.60. The van der Waals surface area contributed by atoms with Crippen LogP contribution in [0.25, 0.3) is 0 Å². The lowest BCUT2D eigenvalue weighted by molar-refractivity contribution is 0.0503. The van der Waals surface area contributed by atoms with Crippen LogP contribution in [0.4, 0.5) is 0 Å². The van der Waals surface area contributed by atoms with Crippen molar-refractivity contribution in [2.45, 2.75) is 33.1 Å². The van der Waals surface area contributed by atoms with E-state index in [1.165, 1.54) is 6.07 Å². The topological polar surface area (TPSA) is 61.8 Å². The average Bonchev–Trinajstić information content (AvgIpc) is 2.67. The van der Waals surface area contributed by atoms with Crippen molar-refractivity contribution >= 4 is 27.9 Å². The Kier molecular flexibility index (Phi) is 8.33. The highest BCUT2D eigenvalue weighted by Gasteiger charge is 2.17. The van der Waals surface area contributed by atoms with Gasteiger partial charge in [0.2, 0.25) is 0 Å². The summed E-state index contributed by atoms with van der Waals surface area (Å²) < 4.78 is 17.0. The average molecular weight is 435 g/mol. The van der Waals surface area contributed by atoms with Crippen LogP contribution in [-0.2, 0) is 4.74 Å². The van der Waals surface area contributed by atoms with Gasteiger partial charge in [-0.15, -0.1) is 0 Å². The fraction of sp³-hybridized carbons (Fsp3) is 0.333. The number of ether oxygens (including phenoxy) is 3. The lowest BCUT2D eigenvalue weighted by Crippen LogP contribution is -2.12. The molecule has 0 radical (unpaired) electrons. The lowest BCUT2D eigenvalue weighted by Gasteiger charge is -2.12. The molecule has 0 aliphatic heterocycles. The molecule has 2 rings (SSSR count). The standard InChI is InChI=1S/C21H23BrO5/c1-3-5-12-25-19-10-9-16(22)14-18(19)21(24)27-17-8-6-7-15(13-17)20(23)26-11-4-2/h6-10,13-14H,3-5,11-12H2,1-2H3.